The third-order valence-electron chi connectivity index (χ3n) is 5.59. The average Bonchev–Trinajstić information content (AvgIpc) is 3.19. The van der Waals surface area contributed by atoms with Crippen LogP contribution in [-0.4, -0.2) is 28.4 Å². The molecule has 0 bridgehead atoms. The van der Waals surface area contributed by atoms with Gasteiger partial charge < -0.3 is 10.0 Å². The van der Waals surface area contributed by atoms with Crippen LogP contribution in [0.4, 0.5) is 0 Å². The van der Waals surface area contributed by atoms with Crippen molar-refractivity contribution < 1.29 is 14.7 Å². The Morgan fingerprint density at radius 2 is 1.83 bits per heavy atom. The number of thiophene rings is 1. The number of benzene rings is 2. The summed E-state index contributed by atoms with van der Waals surface area (Å²) in [5.41, 5.74) is 3.57. The van der Waals surface area contributed by atoms with Gasteiger partial charge in [-0.05, 0) is 72.2 Å². The SMILES string of the molecule is Cc1cc(C(=O)O)c(C(=O)N2CCc3sccc3C2c2cccc(Cl)c2C)cc1Cl. The van der Waals surface area contributed by atoms with Gasteiger partial charge in [-0.15, -0.1) is 11.3 Å². The molecule has 0 saturated heterocycles. The number of amides is 1. The van der Waals surface area contributed by atoms with Crippen molar-refractivity contribution in [2.75, 3.05) is 6.54 Å². The molecule has 0 saturated carbocycles. The summed E-state index contributed by atoms with van der Waals surface area (Å²) < 4.78 is 0. The van der Waals surface area contributed by atoms with E-state index in [-0.39, 0.29) is 23.1 Å². The predicted molar refractivity (Wildman–Crippen MR) is 120 cm³/mol. The molecule has 4 nitrogen and oxygen atoms in total. The molecular formula is C23H19Cl2NO3S. The largest absolute Gasteiger partial charge is 0.478 e. The highest BCUT2D eigenvalue weighted by Gasteiger charge is 2.35. The van der Waals surface area contributed by atoms with Crippen LogP contribution in [0, 0.1) is 13.8 Å². The lowest BCUT2D eigenvalue weighted by atomic mass is 9.89. The zero-order chi connectivity index (χ0) is 21.6. The van der Waals surface area contributed by atoms with Gasteiger partial charge in [0, 0.05) is 21.5 Å². The molecule has 154 valence electrons. The average molecular weight is 460 g/mol. The molecule has 1 N–H and O–H groups in total. The van der Waals surface area contributed by atoms with E-state index < -0.39 is 5.97 Å². The summed E-state index contributed by atoms with van der Waals surface area (Å²) >= 11 is 14.3. The van der Waals surface area contributed by atoms with E-state index >= 15 is 0 Å². The molecule has 1 aliphatic rings. The predicted octanol–water partition coefficient (Wildman–Crippen LogP) is 6.16. The molecule has 1 unspecified atom stereocenters. The number of carbonyl (C=O) groups excluding carboxylic acids is 1. The molecule has 1 aliphatic heterocycles. The van der Waals surface area contributed by atoms with E-state index in [1.54, 1.807) is 23.2 Å². The standard InChI is InChI=1S/C23H19Cl2NO3S/c1-12-10-17(23(28)29)16(11-19(12)25)22(27)26-8-6-20-15(7-9-30-20)21(26)14-4-3-5-18(24)13(14)2/h3-5,7,9-11,21H,6,8H2,1-2H3,(H,28,29). The van der Waals surface area contributed by atoms with Crippen LogP contribution in [0.2, 0.25) is 10.0 Å². The summed E-state index contributed by atoms with van der Waals surface area (Å²) in [7, 11) is 0. The molecule has 7 heteroatoms. The number of rotatable bonds is 3. The normalized spacial score (nSPS) is 15.7. The molecule has 0 aliphatic carbocycles. The van der Waals surface area contributed by atoms with Crippen LogP contribution in [-0.2, 0) is 6.42 Å². The van der Waals surface area contributed by atoms with E-state index in [1.807, 2.05) is 36.6 Å². The van der Waals surface area contributed by atoms with Gasteiger partial charge in [-0.25, -0.2) is 4.79 Å². The molecule has 0 radical (unpaired) electrons. The topological polar surface area (TPSA) is 57.6 Å². The molecule has 2 aromatic carbocycles. The smallest absolute Gasteiger partial charge is 0.336 e. The van der Waals surface area contributed by atoms with Crippen molar-refractivity contribution in [2.45, 2.75) is 26.3 Å². The first-order valence-electron chi connectivity index (χ1n) is 9.45. The number of carboxylic acid groups (broad SMARTS) is 1. The summed E-state index contributed by atoms with van der Waals surface area (Å²) in [5, 5.41) is 12.7. The van der Waals surface area contributed by atoms with Crippen molar-refractivity contribution in [3.8, 4) is 0 Å². The Labute approximate surface area is 188 Å². The lowest BCUT2D eigenvalue weighted by Crippen LogP contribution is -2.41. The third kappa shape index (κ3) is 3.51. The van der Waals surface area contributed by atoms with Crippen LogP contribution in [0.3, 0.4) is 0 Å². The zero-order valence-corrected chi connectivity index (χ0v) is 18.7. The van der Waals surface area contributed by atoms with Crippen LogP contribution in [0.1, 0.15) is 53.9 Å². The number of hydrogen-bond donors (Lipinski definition) is 1. The van der Waals surface area contributed by atoms with Crippen LogP contribution < -0.4 is 0 Å². The summed E-state index contributed by atoms with van der Waals surface area (Å²) in [6.45, 7) is 4.14. The Hall–Kier alpha value is -2.34. The van der Waals surface area contributed by atoms with E-state index in [0.29, 0.717) is 22.2 Å². The summed E-state index contributed by atoms with van der Waals surface area (Å²) in [6, 6.07) is 10.3. The summed E-state index contributed by atoms with van der Waals surface area (Å²) in [4.78, 5) is 28.5. The van der Waals surface area contributed by atoms with Crippen molar-refractivity contribution in [1.82, 2.24) is 4.90 Å². The quantitative estimate of drug-likeness (QED) is 0.510. The number of aromatic carboxylic acids is 1. The minimum Gasteiger partial charge on any atom is -0.478 e. The molecule has 1 atom stereocenters. The number of carbonyl (C=O) groups is 2. The monoisotopic (exact) mass is 459 g/mol. The number of fused-ring (bicyclic) bond motifs is 1. The van der Waals surface area contributed by atoms with Crippen LogP contribution in [0.25, 0.3) is 0 Å². The first kappa shape index (κ1) is 20.9. The van der Waals surface area contributed by atoms with E-state index in [2.05, 4.69) is 0 Å². The lowest BCUT2D eigenvalue weighted by molar-refractivity contribution is 0.0653. The second-order valence-electron chi connectivity index (χ2n) is 7.36. The second-order valence-corrected chi connectivity index (χ2v) is 9.17. The van der Waals surface area contributed by atoms with Gasteiger partial charge in [0.2, 0.25) is 0 Å². The highest BCUT2D eigenvalue weighted by atomic mass is 35.5. The van der Waals surface area contributed by atoms with Gasteiger partial charge in [0.25, 0.3) is 5.91 Å². The third-order valence-corrected chi connectivity index (χ3v) is 7.40. The van der Waals surface area contributed by atoms with E-state index in [1.165, 1.54) is 17.0 Å². The van der Waals surface area contributed by atoms with E-state index in [0.717, 1.165) is 23.1 Å². The minimum absolute atomic E-state index is 0.0421. The van der Waals surface area contributed by atoms with Gasteiger partial charge in [0.15, 0.2) is 0 Å². The Morgan fingerprint density at radius 1 is 1.07 bits per heavy atom. The fourth-order valence-corrected chi connectivity index (χ4v) is 5.23. The van der Waals surface area contributed by atoms with Gasteiger partial charge in [0.1, 0.15) is 0 Å². The van der Waals surface area contributed by atoms with Crippen molar-refractivity contribution in [2.24, 2.45) is 0 Å². The first-order chi connectivity index (χ1) is 14.3. The lowest BCUT2D eigenvalue weighted by Gasteiger charge is -2.37. The highest BCUT2D eigenvalue weighted by Crippen LogP contribution is 2.41. The molecule has 30 heavy (non-hydrogen) atoms. The second kappa shape index (κ2) is 8.06. The fourth-order valence-electron chi connectivity index (χ4n) is 3.98. The van der Waals surface area contributed by atoms with Crippen molar-refractivity contribution in [3.05, 3.63) is 90.1 Å². The number of aryl methyl sites for hydroxylation is 1. The number of carboxylic acids is 1. The Kier molecular flexibility index (Phi) is 5.62. The van der Waals surface area contributed by atoms with Crippen molar-refractivity contribution in [1.29, 1.82) is 0 Å². The molecule has 0 fully saturated rings. The number of hydrogen-bond acceptors (Lipinski definition) is 3. The molecular weight excluding hydrogens is 441 g/mol. The molecule has 1 amide bonds. The molecule has 0 spiro atoms. The van der Waals surface area contributed by atoms with Gasteiger partial charge in [0.05, 0.1) is 17.2 Å². The maximum absolute atomic E-state index is 13.7. The zero-order valence-electron chi connectivity index (χ0n) is 16.4. The van der Waals surface area contributed by atoms with Crippen molar-refractivity contribution in [3.63, 3.8) is 0 Å². The van der Waals surface area contributed by atoms with Crippen LogP contribution in [0.15, 0.2) is 41.8 Å². The van der Waals surface area contributed by atoms with Gasteiger partial charge in [-0.1, -0.05) is 35.3 Å². The van der Waals surface area contributed by atoms with Gasteiger partial charge >= 0.3 is 5.97 Å². The summed E-state index contributed by atoms with van der Waals surface area (Å²) in [5.74, 6) is -1.50. The van der Waals surface area contributed by atoms with E-state index in [9.17, 15) is 14.7 Å². The Balaban J connectivity index is 1.88. The summed E-state index contributed by atoms with van der Waals surface area (Å²) in [6.07, 6.45) is 0.719. The Morgan fingerprint density at radius 3 is 2.57 bits per heavy atom. The molecule has 1 aromatic heterocycles. The highest BCUT2D eigenvalue weighted by molar-refractivity contribution is 7.10. The maximum Gasteiger partial charge on any atom is 0.336 e. The fraction of sp³-hybridized carbons (Fsp3) is 0.217. The Bertz CT molecular complexity index is 1170. The van der Waals surface area contributed by atoms with E-state index in [4.69, 9.17) is 23.2 Å². The minimum atomic E-state index is -1.15. The van der Waals surface area contributed by atoms with Crippen LogP contribution in [0.5, 0.6) is 0 Å². The molecule has 4 rings (SSSR count). The number of halogens is 2. The number of nitrogens with zero attached hydrogens (tertiary/aromatic N) is 1. The molecule has 3 aromatic rings. The maximum atomic E-state index is 13.7. The molecule has 2 heterocycles. The van der Waals surface area contributed by atoms with Crippen LogP contribution >= 0.6 is 34.5 Å². The van der Waals surface area contributed by atoms with Gasteiger partial charge in [-0.3, -0.25) is 4.79 Å². The first-order valence-corrected chi connectivity index (χ1v) is 11.1. The van der Waals surface area contributed by atoms with Gasteiger partial charge in [-0.2, -0.15) is 0 Å². The van der Waals surface area contributed by atoms with Crippen molar-refractivity contribution >= 4 is 46.4 Å².